The average Bonchev–Trinajstić information content (AvgIpc) is 2.17. The van der Waals surface area contributed by atoms with E-state index in [0.717, 1.165) is 0 Å². The normalized spacial score (nSPS) is 11.4. The molecule has 0 aliphatic rings. The minimum atomic E-state index is -3.01. The van der Waals surface area contributed by atoms with Crippen LogP contribution in [-0.4, -0.2) is 19.1 Å². The van der Waals surface area contributed by atoms with Gasteiger partial charge < -0.3 is 10.5 Å². The van der Waals surface area contributed by atoms with Crippen LogP contribution in [0.15, 0.2) is 24.3 Å². The van der Waals surface area contributed by atoms with Crippen molar-refractivity contribution in [3.63, 3.8) is 0 Å². The highest BCUT2D eigenvalue weighted by atomic mass is 35.5. The van der Waals surface area contributed by atoms with Crippen LogP contribution in [-0.2, 0) is 0 Å². The van der Waals surface area contributed by atoms with Gasteiger partial charge in [0, 0.05) is 0 Å². The standard InChI is InChI=1S/C9H10ClF2NO/c10-7-3-1-2-4-8(7)14-6-9(11,12)5-13/h1-4H,5-6,13H2. The van der Waals surface area contributed by atoms with Gasteiger partial charge in [0.15, 0.2) is 6.61 Å². The van der Waals surface area contributed by atoms with Crippen LogP contribution in [0.5, 0.6) is 5.75 Å². The van der Waals surface area contributed by atoms with Crippen LogP contribution in [0.3, 0.4) is 0 Å². The third kappa shape index (κ3) is 3.12. The van der Waals surface area contributed by atoms with E-state index in [2.05, 4.69) is 0 Å². The summed E-state index contributed by atoms with van der Waals surface area (Å²) in [6.07, 6.45) is 0. The van der Waals surface area contributed by atoms with E-state index >= 15 is 0 Å². The summed E-state index contributed by atoms with van der Waals surface area (Å²) in [6, 6.07) is 6.43. The summed E-state index contributed by atoms with van der Waals surface area (Å²) in [4.78, 5) is 0. The van der Waals surface area contributed by atoms with Crippen molar-refractivity contribution in [1.82, 2.24) is 0 Å². The van der Waals surface area contributed by atoms with Gasteiger partial charge in [-0.3, -0.25) is 0 Å². The largest absolute Gasteiger partial charge is 0.486 e. The van der Waals surface area contributed by atoms with Crippen molar-refractivity contribution in [3.05, 3.63) is 29.3 Å². The van der Waals surface area contributed by atoms with Gasteiger partial charge in [0.05, 0.1) is 11.6 Å². The summed E-state index contributed by atoms with van der Waals surface area (Å²) in [5.41, 5.74) is 4.85. The first-order valence-electron chi connectivity index (χ1n) is 4.00. The number of rotatable bonds is 4. The molecule has 1 aromatic carbocycles. The monoisotopic (exact) mass is 221 g/mol. The van der Waals surface area contributed by atoms with Crippen LogP contribution in [0.4, 0.5) is 8.78 Å². The fraction of sp³-hybridized carbons (Fsp3) is 0.333. The van der Waals surface area contributed by atoms with Crippen LogP contribution < -0.4 is 10.5 Å². The molecule has 0 saturated carbocycles. The number of benzene rings is 1. The summed E-state index contributed by atoms with van der Waals surface area (Å²) in [5.74, 6) is -2.78. The Kier molecular flexibility index (Phi) is 3.66. The number of ether oxygens (including phenoxy) is 1. The lowest BCUT2D eigenvalue weighted by Gasteiger charge is -2.15. The van der Waals surface area contributed by atoms with Crippen LogP contribution in [0.2, 0.25) is 5.02 Å². The van der Waals surface area contributed by atoms with Gasteiger partial charge in [0.2, 0.25) is 0 Å². The molecule has 0 aliphatic heterocycles. The number of hydrogen-bond acceptors (Lipinski definition) is 2. The van der Waals surface area contributed by atoms with Crippen molar-refractivity contribution in [2.24, 2.45) is 5.73 Å². The molecule has 0 saturated heterocycles. The lowest BCUT2D eigenvalue weighted by molar-refractivity contribution is -0.0319. The molecule has 14 heavy (non-hydrogen) atoms. The van der Waals surface area contributed by atoms with Gasteiger partial charge in [-0.2, -0.15) is 0 Å². The molecule has 78 valence electrons. The molecule has 0 aromatic heterocycles. The fourth-order valence-corrected chi connectivity index (χ4v) is 0.994. The van der Waals surface area contributed by atoms with Crippen LogP contribution in [0.1, 0.15) is 0 Å². The molecule has 0 radical (unpaired) electrons. The smallest absolute Gasteiger partial charge is 0.293 e. The van der Waals surface area contributed by atoms with E-state index in [9.17, 15) is 8.78 Å². The maximum atomic E-state index is 12.7. The Labute approximate surface area is 85.6 Å². The quantitative estimate of drug-likeness (QED) is 0.847. The van der Waals surface area contributed by atoms with Crippen LogP contribution in [0, 0.1) is 0 Å². The first kappa shape index (κ1) is 11.2. The van der Waals surface area contributed by atoms with Crippen molar-refractivity contribution < 1.29 is 13.5 Å². The van der Waals surface area contributed by atoms with E-state index in [4.69, 9.17) is 22.1 Å². The van der Waals surface area contributed by atoms with Crippen LogP contribution >= 0.6 is 11.6 Å². The molecule has 0 amide bonds. The molecule has 2 N–H and O–H groups in total. The number of hydrogen-bond donors (Lipinski definition) is 1. The molecular formula is C9H10ClF2NO. The molecule has 0 bridgehead atoms. The topological polar surface area (TPSA) is 35.2 Å². The van der Waals surface area contributed by atoms with E-state index in [1.807, 2.05) is 0 Å². The Hall–Kier alpha value is -0.870. The number of halogens is 3. The highest BCUT2D eigenvalue weighted by Crippen LogP contribution is 2.24. The second-order valence-corrected chi connectivity index (χ2v) is 3.19. The van der Waals surface area contributed by atoms with Gasteiger partial charge in [-0.15, -0.1) is 0 Å². The predicted molar refractivity (Wildman–Crippen MR) is 50.9 cm³/mol. The molecule has 0 aliphatic carbocycles. The SMILES string of the molecule is NCC(F)(F)COc1ccccc1Cl. The maximum Gasteiger partial charge on any atom is 0.293 e. The van der Waals surface area contributed by atoms with E-state index in [0.29, 0.717) is 5.02 Å². The number of para-hydroxylation sites is 1. The summed E-state index contributed by atoms with van der Waals surface area (Å²) in [5, 5.41) is 0.306. The minimum Gasteiger partial charge on any atom is -0.486 e. The number of alkyl halides is 2. The Bertz CT molecular complexity index is 307. The van der Waals surface area contributed by atoms with Gasteiger partial charge in [0.1, 0.15) is 5.75 Å². The second kappa shape index (κ2) is 4.57. The summed E-state index contributed by atoms with van der Waals surface area (Å²) in [7, 11) is 0. The fourth-order valence-electron chi connectivity index (χ4n) is 0.804. The van der Waals surface area contributed by atoms with E-state index in [1.165, 1.54) is 6.07 Å². The van der Waals surface area contributed by atoms with Crippen molar-refractivity contribution in [3.8, 4) is 5.75 Å². The highest BCUT2D eigenvalue weighted by Gasteiger charge is 2.27. The summed E-state index contributed by atoms with van der Waals surface area (Å²) >= 11 is 5.70. The zero-order valence-electron chi connectivity index (χ0n) is 7.34. The molecule has 0 atom stereocenters. The molecule has 1 aromatic rings. The lowest BCUT2D eigenvalue weighted by atomic mass is 10.3. The van der Waals surface area contributed by atoms with Crippen molar-refractivity contribution in [2.45, 2.75) is 5.92 Å². The second-order valence-electron chi connectivity index (χ2n) is 2.78. The van der Waals surface area contributed by atoms with Crippen molar-refractivity contribution in [1.29, 1.82) is 0 Å². The Balaban J connectivity index is 2.58. The Morgan fingerprint density at radius 3 is 2.57 bits per heavy atom. The minimum absolute atomic E-state index is 0.238. The van der Waals surface area contributed by atoms with E-state index < -0.39 is 19.1 Å². The third-order valence-electron chi connectivity index (χ3n) is 1.57. The number of nitrogens with two attached hydrogens (primary N) is 1. The molecule has 0 spiro atoms. The Morgan fingerprint density at radius 2 is 2.00 bits per heavy atom. The molecule has 5 heteroatoms. The molecule has 2 nitrogen and oxygen atoms in total. The molecular weight excluding hydrogens is 212 g/mol. The lowest BCUT2D eigenvalue weighted by Crippen LogP contribution is -2.34. The van der Waals surface area contributed by atoms with Gasteiger partial charge >= 0.3 is 0 Å². The molecule has 0 heterocycles. The highest BCUT2D eigenvalue weighted by molar-refractivity contribution is 6.32. The average molecular weight is 222 g/mol. The molecule has 1 rings (SSSR count). The van der Waals surface area contributed by atoms with Gasteiger partial charge in [-0.05, 0) is 12.1 Å². The van der Waals surface area contributed by atoms with E-state index in [-0.39, 0.29) is 5.75 Å². The zero-order valence-corrected chi connectivity index (χ0v) is 8.10. The molecule has 0 unspecified atom stereocenters. The van der Waals surface area contributed by atoms with Crippen molar-refractivity contribution in [2.75, 3.05) is 13.2 Å². The predicted octanol–water partition coefficient (Wildman–Crippen LogP) is 2.31. The van der Waals surface area contributed by atoms with Gasteiger partial charge in [-0.1, -0.05) is 23.7 Å². The molecule has 0 fully saturated rings. The van der Waals surface area contributed by atoms with Crippen molar-refractivity contribution >= 4 is 11.6 Å². The van der Waals surface area contributed by atoms with Gasteiger partial charge in [0.25, 0.3) is 5.92 Å². The zero-order chi connectivity index (χ0) is 10.6. The first-order chi connectivity index (χ1) is 6.55. The van der Waals surface area contributed by atoms with E-state index in [1.54, 1.807) is 18.2 Å². The summed E-state index contributed by atoms with van der Waals surface area (Å²) in [6.45, 7) is -1.50. The Morgan fingerprint density at radius 1 is 1.36 bits per heavy atom. The first-order valence-corrected chi connectivity index (χ1v) is 4.38. The van der Waals surface area contributed by atoms with Gasteiger partial charge in [-0.25, -0.2) is 8.78 Å². The summed E-state index contributed by atoms with van der Waals surface area (Å²) < 4.78 is 30.2. The third-order valence-corrected chi connectivity index (χ3v) is 1.89. The van der Waals surface area contributed by atoms with Crippen LogP contribution in [0.25, 0.3) is 0 Å². The maximum absolute atomic E-state index is 12.7.